The van der Waals surface area contributed by atoms with Crippen molar-refractivity contribution in [3.05, 3.63) is 59.9 Å². The summed E-state index contributed by atoms with van der Waals surface area (Å²) in [7, 11) is -3.37. The molecule has 2 aliphatic rings. The van der Waals surface area contributed by atoms with Crippen LogP contribution in [0.2, 0.25) is 0 Å². The van der Waals surface area contributed by atoms with Crippen molar-refractivity contribution in [2.45, 2.75) is 42.2 Å². The Morgan fingerprint density at radius 2 is 1.79 bits per heavy atom. The zero-order valence-corrected chi connectivity index (χ0v) is 18.9. The van der Waals surface area contributed by atoms with Gasteiger partial charge < -0.3 is 9.64 Å². The number of halogens is 4. The fourth-order valence-electron chi connectivity index (χ4n) is 4.53. The van der Waals surface area contributed by atoms with Gasteiger partial charge in [-0.05, 0) is 48.7 Å². The van der Waals surface area contributed by atoms with E-state index < -0.39 is 28.2 Å². The second-order valence-corrected chi connectivity index (χ2v) is 10.7. The van der Waals surface area contributed by atoms with Gasteiger partial charge in [0.15, 0.2) is 15.9 Å². The molecular formula is C23H26F4N2O3S. The molecule has 180 valence electrons. The van der Waals surface area contributed by atoms with E-state index in [2.05, 4.69) is 4.90 Å². The number of hydrogen-bond donors (Lipinski definition) is 0. The summed E-state index contributed by atoms with van der Waals surface area (Å²) in [6.07, 6.45) is -5.19. The van der Waals surface area contributed by atoms with Gasteiger partial charge in [0.25, 0.3) is 0 Å². The van der Waals surface area contributed by atoms with Gasteiger partial charge in [-0.1, -0.05) is 18.2 Å². The number of rotatable bonds is 5. The SMILES string of the molecule is CS(=O)(=O)c1cccc(N2CCN(C[C@H]3CCC(C(F)(F)F)O3)[C@@H](c3ccc(F)cc3)C2)c1. The Labute approximate surface area is 190 Å². The van der Waals surface area contributed by atoms with Gasteiger partial charge in [-0.3, -0.25) is 4.90 Å². The minimum atomic E-state index is -4.37. The summed E-state index contributed by atoms with van der Waals surface area (Å²) >= 11 is 0. The van der Waals surface area contributed by atoms with Crippen molar-refractivity contribution in [1.82, 2.24) is 4.90 Å². The molecule has 5 nitrogen and oxygen atoms in total. The van der Waals surface area contributed by atoms with Crippen molar-refractivity contribution in [3.8, 4) is 0 Å². The van der Waals surface area contributed by atoms with Crippen molar-refractivity contribution in [2.24, 2.45) is 0 Å². The number of sulfone groups is 1. The highest BCUT2D eigenvalue weighted by molar-refractivity contribution is 7.90. The lowest BCUT2D eigenvalue weighted by Gasteiger charge is -2.43. The minimum Gasteiger partial charge on any atom is -0.368 e. The van der Waals surface area contributed by atoms with Crippen molar-refractivity contribution >= 4 is 15.5 Å². The molecule has 0 radical (unpaired) electrons. The normalized spacial score (nSPS) is 24.9. The summed E-state index contributed by atoms with van der Waals surface area (Å²) in [5.74, 6) is -0.369. The molecule has 10 heteroatoms. The number of piperazine rings is 1. The first-order valence-corrected chi connectivity index (χ1v) is 12.7. The maximum atomic E-state index is 13.5. The number of hydrogen-bond acceptors (Lipinski definition) is 5. The summed E-state index contributed by atoms with van der Waals surface area (Å²) in [5.41, 5.74) is 1.59. The van der Waals surface area contributed by atoms with Gasteiger partial charge in [0.05, 0.1) is 17.0 Å². The Hall–Kier alpha value is -2.17. The van der Waals surface area contributed by atoms with Crippen LogP contribution in [0.3, 0.4) is 0 Å². The number of benzene rings is 2. The topological polar surface area (TPSA) is 49.9 Å². The van der Waals surface area contributed by atoms with Crippen LogP contribution in [-0.4, -0.2) is 64.1 Å². The molecular weight excluding hydrogens is 460 g/mol. The molecule has 3 atom stereocenters. The molecule has 4 rings (SSSR count). The lowest BCUT2D eigenvalue weighted by Crippen LogP contribution is -2.50. The van der Waals surface area contributed by atoms with Crippen molar-refractivity contribution in [2.75, 3.05) is 37.3 Å². The molecule has 2 heterocycles. The highest BCUT2D eigenvalue weighted by Gasteiger charge is 2.46. The van der Waals surface area contributed by atoms with Crippen LogP contribution >= 0.6 is 0 Å². The molecule has 0 bridgehead atoms. The molecule has 2 fully saturated rings. The van der Waals surface area contributed by atoms with E-state index in [9.17, 15) is 26.0 Å². The van der Waals surface area contributed by atoms with Crippen molar-refractivity contribution < 1.29 is 30.7 Å². The van der Waals surface area contributed by atoms with Gasteiger partial charge in [0.2, 0.25) is 0 Å². The molecule has 0 amide bonds. The van der Waals surface area contributed by atoms with Crippen LogP contribution in [0.4, 0.5) is 23.2 Å². The number of ether oxygens (including phenoxy) is 1. The Bertz CT molecular complexity index is 1080. The fraction of sp³-hybridized carbons (Fsp3) is 0.478. The van der Waals surface area contributed by atoms with Gasteiger partial charge in [0, 0.05) is 38.1 Å². The summed E-state index contributed by atoms with van der Waals surface area (Å²) < 4.78 is 81.8. The Kier molecular flexibility index (Phi) is 6.70. The van der Waals surface area contributed by atoms with E-state index in [1.165, 1.54) is 12.1 Å². The van der Waals surface area contributed by atoms with E-state index in [-0.39, 0.29) is 23.2 Å². The van der Waals surface area contributed by atoms with Crippen LogP contribution in [0.5, 0.6) is 0 Å². The fourth-order valence-corrected chi connectivity index (χ4v) is 5.19. The van der Waals surface area contributed by atoms with Gasteiger partial charge in [-0.2, -0.15) is 13.2 Å². The largest absolute Gasteiger partial charge is 0.414 e. The third-order valence-corrected chi connectivity index (χ3v) is 7.38. The van der Waals surface area contributed by atoms with Crippen LogP contribution < -0.4 is 4.90 Å². The average Bonchev–Trinajstić information content (AvgIpc) is 3.23. The maximum Gasteiger partial charge on any atom is 0.414 e. The highest BCUT2D eigenvalue weighted by atomic mass is 32.2. The molecule has 2 aliphatic heterocycles. The van der Waals surface area contributed by atoms with Crippen LogP contribution in [0.1, 0.15) is 24.4 Å². The zero-order chi connectivity index (χ0) is 23.8. The molecule has 1 unspecified atom stereocenters. The number of anilines is 1. The van der Waals surface area contributed by atoms with E-state index in [0.717, 1.165) is 17.5 Å². The first-order valence-electron chi connectivity index (χ1n) is 10.8. The standard InChI is InChI=1S/C23H26F4N2O3S/c1-33(30,31)20-4-2-3-18(13-20)28-11-12-29(14-19-9-10-22(32-19)23(25,26)27)21(15-28)16-5-7-17(24)8-6-16/h2-8,13,19,21-22H,9-12,14-15H2,1H3/t19-,21-,22?/m1/s1. The molecule has 0 N–H and O–H groups in total. The predicted molar refractivity (Wildman–Crippen MR) is 116 cm³/mol. The van der Waals surface area contributed by atoms with E-state index in [1.807, 2.05) is 11.0 Å². The van der Waals surface area contributed by atoms with E-state index in [4.69, 9.17) is 4.74 Å². The Morgan fingerprint density at radius 3 is 2.42 bits per heavy atom. The molecule has 0 saturated carbocycles. The van der Waals surface area contributed by atoms with Gasteiger partial charge in [-0.15, -0.1) is 0 Å². The molecule has 2 aromatic carbocycles. The quantitative estimate of drug-likeness (QED) is 0.593. The molecule has 0 spiro atoms. The Balaban J connectivity index is 1.55. The maximum absolute atomic E-state index is 13.5. The average molecular weight is 487 g/mol. The second kappa shape index (κ2) is 9.23. The number of nitrogens with zero attached hydrogens (tertiary/aromatic N) is 2. The third kappa shape index (κ3) is 5.67. The summed E-state index contributed by atoms with van der Waals surface area (Å²) in [4.78, 5) is 4.35. The molecule has 0 aromatic heterocycles. The minimum absolute atomic E-state index is 0.0480. The third-order valence-electron chi connectivity index (χ3n) is 6.27. The van der Waals surface area contributed by atoms with E-state index in [1.54, 1.807) is 30.3 Å². The second-order valence-electron chi connectivity index (χ2n) is 8.64. The van der Waals surface area contributed by atoms with Crippen molar-refractivity contribution in [1.29, 1.82) is 0 Å². The summed E-state index contributed by atoms with van der Waals surface area (Å²) in [6.45, 7) is 1.93. The molecule has 2 aromatic rings. The predicted octanol–water partition coefficient (Wildman–Crippen LogP) is 4.20. The smallest absolute Gasteiger partial charge is 0.368 e. The first kappa shape index (κ1) is 24.0. The summed E-state index contributed by atoms with van der Waals surface area (Å²) in [6, 6.07) is 12.6. The van der Waals surface area contributed by atoms with Crippen LogP contribution in [0, 0.1) is 5.82 Å². The van der Waals surface area contributed by atoms with Gasteiger partial charge >= 0.3 is 6.18 Å². The number of alkyl halides is 3. The van der Waals surface area contributed by atoms with Gasteiger partial charge in [-0.25, -0.2) is 12.8 Å². The van der Waals surface area contributed by atoms with Gasteiger partial charge in [0.1, 0.15) is 5.82 Å². The Morgan fingerprint density at radius 1 is 1.06 bits per heavy atom. The zero-order valence-electron chi connectivity index (χ0n) is 18.1. The van der Waals surface area contributed by atoms with Crippen LogP contribution in [0.15, 0.2) is 53.4 Å². The molecule has 33 heavy (non-hydrogen) atoms. The van der Waals surface area contributed by atoms with Crippen molar-refractivity contribution in [3.63, 3.8) is 0 Å². The van der Waals surface area contributed by atoms with Crippen LogP contribution in [0.25, 0.3) is 0 Å². The van der Waals surface area contributed by atoms with Crippen LogP contribution in [-0.2, 0) is 14.6 Å². The first-order chi connectivity index (χ1) is 15.5. The van der Waals surface area contributed by atoms with E-state index >= 15 is 0 Å². The summed E-state index contributed by atoms with van der Waals surface area (Å²) in [5, 5.41) is 0. The molecule has 0 aliphatic carbocycles. The lowest BCUT2D eigenvalue weighted by atomic mass is 10.0. The van der Waals surface area contributed by atoms with E-state index in [0.29, 0.717) is 32.6 Å². The molecule has 2 saturated heterocycles. The highest BCUT2D eigenvalue weighted by Crippen LogP contribution is 2.35. The monoisotopic (exact) mass is 486 g/mol. The lowest BCUT2D eigenvalue weighted by molar-refractivity contribution is -0.216.